The second-order valence-corrected chi connectivity index (χ2v) is 4.65. The maximum atomic E-state index is 11.7. The average Bonchev–Trinajstić information content (AvgIpc) is 2.99. The van der Waals surface area contributed by atoms with Gasteiger partial charge in [0.05, 0.1) is 12.5 Å². The van der Waals surface area contributed by atoms with Crippen molar-refractivity contribution >= 4 is 12.0 Å². The molecule has 2 rings (SSSR count). The molecule has 0 spiro atoms. The molecule has 2 atom stereocenters. The van der Waals surface area contributed by atoms with E-state index >= 15 is 0 Å². The molecule has 1 aromatic heterocycles. The van der Waals surface area contributed by atoms with Crippen molar-refractivity contribution in [2.45, 2.75) is 31.8 Å². The van der Waals surface area contributed by atoms with Gasteiger partial charge in [-0.1, -0.05) is 6.42 Å². The fourth-order valence-corrected chi connectivity index (χ4v) is 2.36. The Morgan fingerprint density at radius 1 is 1.42 bits per heavy atom. The zero-order valence-electron chi connectivity index (χ0n) is 10.6. The predicted molar refractivity (Wildman–Crippen MR) is 67.5 cm³/mol. The van der Waals surface area contributed by atoms with Crippen LogP contribution in [0.2, 0.25) is 0 Å². The van der Waals surface area contributed by atoms with Crippen LogP contribution in [0.15, 0.2) is 18.5 Å². The van der Waals surface area contributed by atoms with Crippen molar-refractivity contribution < 1.29 is 14.7 Å². The van der Waals surface area contributed by atoms with Crippen LogP contribution >= 0.6 is 0 Å². The van der Waals surface area contributed by atoms with Crippen molar-refractivity contribution in [3.05, 3.63) is 18.5 Å². The Balaban J connectivity index is 1.70. The van der Waals surface area contributed by atoms with Gasteiger partial charge in [-0.25, -0.2) is 4.79 Å². The molecule has 0 aromatic carbocycles. The fourth-order valence-electron chi connectivity index (χ4n) is 2.36. The smallest absolute Gasteiger partial charge is 0.315 e. The first-order chi connectivity index (χ1) is 9.16. The first kappa shape index (κ1) is 13.4. The van der Waals surface area contributed by atoms with E-state index in [1.54, 1.807) is 10.9 Å². The first-order valence-electron chi connectivity index (χ1n) is 6.41. The average molecular weight is 266 g/mol. The van der Waals surface area contributed by atoms with E-state index in [2.05, 4.69) is 15.7 Å². The van der Waals surface area contributed by atoms with E-state index in [1.807, 2.05) is 12.3 Å². The highest BCUT2D eigenvalue weighted by molar-refractivity contribution is 5.76. The molecule has 0 radical (unpaired) electrons. The van der Waals surface area contributed by atoms with Gasteiger partial charge in [0.2, 0.25) is 0 Å². The normalized spacial score (nSPS) is 22.1. The van der Waals surface area contributed by atoms with Gasteiger partial charge in [0.15, 0.2) is 0 Å². The number of hydrogen-bond donors (Lipinski definition) is 3. The molecule has 7 nitrogen and oxygen atoms in total. The van der Waals surface area contributed by atoms with E-state index in [0.717, 1.165) is 12.8 Å². The molecule has 1 saturated carbocycles. The van der Waals surface area contributed by atoms with Gasteiger partial charge in [-0.2, -0.15) is 5.10 Å². The number of aromatic nitrogens is 2. The number of urea groups is 1. The van der Waals surface area contributed by atoms with Gasteiger partial charge in [-0.3, -0.25) is 9.48 Å². The number of aliphatic carboxylic acids is 1. The lowest BCUT2D eigenvalue weighted by Crippen LogP contribution is -2.46. The van der Waals surface area contributed by atoms with Crippen LogP contribution in [0.25, 0.3) is 0 Å². The maximum Gasteiger partial charge on any atom is 0.315 e. The molecule has 1 aliphatic rings. The third kappa shape index (κ3) is 3.70. The summed E-state index contributed by atoms with van der Waals surface area (Å²) in [5.41, 5.74) is 0. The van der Waals surface area contributed by atoms with E-state index in [9.17, 15) is 9.59 Å². The fraction of sp³-hybridized carbons (Fsp3) is 0.583. The Morgan fingerprint density at radius 2 is 2.26 bits per heavy atom. The third-order valence-electron chi connectivity index (χ3n) is 3.34. The molecule has 1 fully saturated rings. The molecule has 0 bridgehead atoms. The number of carbonyl (C=O) groups excluding carboxylic acids is 1. The second kappa shape index (κ2) is 6.21. The second-order valence-electron chi connectivity index (χ2n) is 4.65. The standard InChI is InChI=1S/C12H18N4O3/c17-11(18)9-3-1-4-10(9)15-12(19)13-6-8-16-7-2-5-14-16/h2,5,7,9-10H,1,3-4,6,8H2,(H,17,18)(H2,13,15,19). The molecule has 2 unspecified atom stereocenters. The van der Waals surface area contributed by atoms with Crippen molar-refractivity contribution in [2.75, 3.05) is 6.54 Å². The van der Waals surface area contributed by atoms with Crippen molar-refractivity contribution in [3.8, 4) is 0 Å². The van der Waals surface area contributed by atoms with Crippen LogP contribution < -0.4 is 10.6 Å². The van der Waals surface area contributed by atoms with E-state index in [4.69, 9.17) is 5.11 Å². The van der Waals surface area contributed by atoms with Crippen LogP contribution in [-0.2, 0) is 11.3 Å². The number of nitrogens with zero attached hydrogens (tertiary/aromatic N) is 2. The molecule has 0 saturated heterocycles. The van der Waals surface area contributed by atoms with Gasteiger partial charge in [-0.15, -0.1) is 0 Å². The summed E-state index contributed by atoms with van der Waals surface area (Å²) in [6.07, 6.45) is 5.69. The quantitative estimate of drug-likeness (QED) is 0.720. The minimum atomic E-state index is -0.834. The lowest BCUT2D eigenvalue weighted by atomic mass is 10.0. The Bertz CT molecular complexity index is 432. The summed E-state index contributed by atoms with van der Waals surface area (Å²) in [7, 11) is 0. The van der Waals surface area contributed by atoms with Crippen molar-refractivity contribution in [2.24, 2.45) is 5.92 Å². The Hall–Kier alpha value is -2.05. The van der Waals surface area contributed by atoms with Gasteiger partial charge in [0, 0.05) is 25.0 Å². The lowest BCUT2D eigenvalue weighted by molar-refractivity contribution is -0.142. The van der Waals surface area contributed by atoms with Crippen LogP contribution in [0.5, 0.6) is 0 Å². The molecular formula is C12H18N4O3. The molecule has 2 amide bonds. The summed E-state index contributed by atoms with van der Waals surface area (Å²) >= 11 is 0. The third-order valence-corrected chi connectivity index (χ3v) is 3.34. The number of nitrogens with one attached hydrogen (secondary N) is 2. The molecule has 19 heavy (non-hydrogen) atoms. The summed E-state index contributed by atoms with van der Waals surface area (Å²) in [4.78, 5) is 22.6. The number of carbonyl (C=O) groups is 2. The SMILES string of the molecule is O=C(NCCn1cccn1)NC1CCCC1C(=O)O. The molecule has 1 aliphatic carbocycles. The zero-order chi connectivity index (χ0) is 13.7. The number of carboxylic acid groups (broad SMARTS) is 1. The predicted octanol–water partition coefficient (Wildman–Crippen LogP) is 0.436. The molecule has 104 valence electrons. The summed E-state index contributed by atoms with van der Waals surface area (Å²) in [6.45, 7) is 1.05. The molecule has 1 heterocycles. The molecule has 7 heteroatoms. The lowest BCUT2D eigenvalue weighted by Gasteiger charge is -2.17. The maximum absolute atomic E-state index is 11.7. The molecule has 0 aliphatic heterocycles. The summed E-state index contributed by atoms with van der Waals surface area (Å²) in [5.74, 6) is -1.30. The van der Waals surface area contributed by atoms with Gasteiger partial charge >= 0.3 is 12.0 Å². The molecular weight excluding hydrogens is 248 g/mol. The molecule has 1 aromatic rings. The summed E-state index contributed by atoms with van der Waals surface area (Å²) < 4.78 is 1.72. The Labute approximate surface area is 111 Å². The van der Waals surface area contributed by atoms with Crippen LogP contribution in [0.4, 0.5) is 4.79 Å². The summed E-state index contributed by atoms with van der Waals surface area (Å²) in [6, 6.07) is 1.24. The minimum Gasteiger partial charge on any atom is -0.481 e. The topological polar surface area (TPSA) is 96.3 Å². The van der Waals surface area contributed by atoms with E-state index < -0.39 is 11.9 Å². The van der Waals surface area contributed by atoms with Crippen LogP contribution in [0, 0.1) is 5.92 Å². The van der Waals surface area contributed by atoms with Gasteiger partial charge < -0.3 is 15.7 Å². The molecule has 3 N–H and O–H groups in total. The highest BCUT2D eigenvalue weighted by atomic mass is 16.4. The van der Waals surface area contributed by atoms with E-state index in [0.29, 0.717) is 19.5 Å². The monoisotopic (exact) mass is 266 g/mol. The number of amides is 2. The highest BCUT2D eigenvalue weighted by Crippen LogP contribution is 2.25. The van der Waals surface area contributed by atoms with Crippen LogP contribution in [0.3, 0.4) is 0 Å². The zero-order valence-corrected chi connectivity index (χ0v) is 10.6. The van der Waals surface area contributed by atoms with Gasteiger partial charge in [0.1, 0.15) is 0 Å². The van der Waals surface area contributed by atoms with Gasteiger partial charge in [-0.05, 0) is 18.9 Å². The van der Waals surface area contributed by atoms with Crippen molar-refractivity contribution in [3.63, 3.8) is 0 Å². The number of carboxylic acids is 1. The van der Waals surface area contributed by atoms with Crippen LogP contribution in [0.1, 0.15) is 19.3 Å². The van der Waals surface area contributed by atoms with Crippen LogP contribution in [-0.4, -0.2) is 39.5 Å². The first-order valence-corrected chi connectivity index (χ1v) is 6.41. The Morgan fingerprint density at radius 3 is 2.95 bits per heavy atom. The largest absolute Gasteiger partial charge is 0.481 e. The number of hydrogen-bond acceptors (Lipinski definition) is 3. The minimum absolute atomic E-state index is 0.262. The highest BCUT2D eigenvalue weighted by Gasteiger charge is 2.33. The number of rotatable bonds is 5. The summed E-state index contributed by atoms with van der Waals surface area (Å²) in [5, 5.41) is 18.5. The van der Waals surface area contributed by atoms with E-state index in [-0.39, 0.29) is 12.1 Å². The Kier molecular flexibility index (Phi) is 4.38. The van der Waals surface area contributed by atoms with Crippen molar-refractivity contribution in [1.29, 1.82) is 0 Å². The van der Waals surface area contributed by atoms with Crippen molar-refractivity contribution in [1.82, 2.24) is 20.4 Å². The van der Waals surface area contributed by atoms with E-state index in [1.165, 1.54) is 0 Å². The van der Waals surface area contributed by atoms with Gasteiger partial charge in [0.25, 0.3) is 0 Å².